The van der Waals surface area contributed by atoms with Crippen molar-refractivity contribution < 1.29 is 0 Å². The Morgan fingerprint density at radius 1 is 1.06 bits per heavy atom. The second-order valence-corrected chi connectivity index (χ2v) is 5.40. The lowest BCUT2D eigenvalue weighted by atomic mass is 10.1. The van der Waals surface area contributed by atoms with E-state index in [4.69, 9.17) is 11.6 Å². The Hall–Kier alpha value is -0.570. The minimum absolute atomic E-state index is 0.885. The summed E-state index contributed by atoms with van der Waals surface area (Å²) < 4.78 is 0. The van der Waals surface area contributed by atoms with Crippen LogP contribution >= 0.6 is 11.6 Å². The summed E-state index contributed by atoms with van der Waals surface area (Å²) in [5.74, 6) is 0. The molecule has 2 rings (SSSR count). The van der Waals surface area contributed by atoms with E-state index in [1.807, 2.05) is 12.1 Å². The summed E-state index contributed by atoms with van der Waals surface area (Å²) in [6.07, 6.45) is 5.18. The van der Waals surface area contributed by atoms with Crippen LogP contribution in [0.4, 0.5) is 0 Å². The molecule has 1 fully saturated rings. The largest absolute Gasteiger partial charge is 0.315 e. The lowest BCUT2D eigenvalue weighted by Crippen LogP contribution is -2.36. The maximum absolute atomic E-state index is 6.12. The molecule has 18 heavy (non-hydrogen) atoms. The number of hydrogen-bond acceptors (Lipinski definition) is 2. The molecule has 0 bridgehead atoms. The molecule has 3 heteroatoms. The van der Waals surface area contributed by atoms with Crippen LogP contribution < -0.4 is 5.32 Å². The van der Waals surface area contributed by atoms with Gasteiger partial charge in [-0.15, -0.1) is 0 Å². The fourth-order valence-corrected chi connectivity index (χ4v) is 2.70. The van der Waals surface area contributed by atoms with Crippen LogP contribution in [0.3, 0.4) is 0 Å². The summed E-state index contributed by atoms with van der Waals surface area (Å²) in [5.41, 5.74) is 1.24. The minimum atomic E-state index is 0.885. The summed E-state index contributed by atoms with van der Waals surface area (Å²) in [6, 6.07) is 8.10. The molecule has 1 aliphatic heterocycles. The molecule has 1 N–H and O–H groups in total. The van der Waals surface area contributed by atoms with Crippen LogP contribution in [-0.2, 0) is 6.42 Å². The van der Waals surface area contributed by atoms with Crippen LogP contribution in [0.15, 0.2) is 24.3 Å². The van der Waals surface area contributed by atoms with E-state index in [1.54, 1.807) is 0 Å². The second kappa shape index (κ2) is 7.78. The first-order valence-electron chi connectivity index (χ1n) is 7.03. The second-order valence-electron chi connectivity index (χ2n) is 4.99. The van der Waals surface area contributed by atoms with Gasteiger partial charge in [0.05, 0.1) is 0 Å². The highest BCUT2D eigenvalue weighted by molar-refractivity contribution is 6.31. The molecule has 0 aromatic heterocycles. The number of likely N-dealkylation sites (tertiary alicyclic amines) is 1. The SMILES string of the molecule is Clc1ccccc1CCNCCN1CCCCC1. The van der Waals surface area contributed by atoms with E-state index >= 15 is 0 Å². The number of hydrogen-bond donors (Lipinski definition) is 1. The summed E-state index contributed by atoms with van der Waals surface area (Å²) >= 11 is 6.12. The number of benzene rings is 1. The molecule has 0 atom stereocenters. The van der Waals surface area contributed by atoms with Crippen LogP contribution in [0.2, 0.25) is 5.02 Å². The van der Waals surface area contributed by atoms with Gasteiger partial charge < -0.3 is 10.2 Å². The van der Waals surface area contributed by atoms with E-state index in [2.05, 4.69) is 22.3 Å². The van der Waals surface area contributed by atoms with Crippen molar-refractivity contribution >= 4 is 11.6 Å². The first-order chi connectivity index (χ1) is 8.86. The molecule has 0 unspecified atom stereocenters. The molecular weight excluding hydrogens is 244 g/mol. The average molecular weight is 267 g/mol. The monoisotopic (exact) mass is 266 g/mol. The van der Waals surface area contributed by atoms with Gasteiger partial charge in [-0.1, -0.05) is 36.2 Å². The van der Waals surface area contributed by atoms with Gasteiger partial charge in [-0.2, -0.15) is 0 Å². The molecular formula is C15H23ClN2. The zero-order chi connectivity index (χ0) is 12.6. The fourth-order valence-electron chi connectivity index (χ4n) is 2.47. The van der Waals surface area contributed by atoms with Gasteiger partial charge in [0.2, 0.25) is 0 Å². The van der Waals surface area contributed by atoms with Gasteiger partial charge in [-0.3, -0.25) is 0 Å². The summed E-state index contributed by atoms with van der Waals surface area (Å²) in [6.45, 7) is 5.85. The predicted octanol–water partition coefficient (Wildman–Crippen LogP) is 2.96. The molecule has 2 nitrogen and oxygen atoms in total. The Kier molecular flexibility index (Phi) is 5.98. The normalized spacial score (nSPS) is 16.9. The van der Waals surface area contributed by atoms with Crippen molar-refractivity contribution in [3.63, 3.8) is 0 Å². The molecule has 0 radical (unpaired) electrons. The summed E-state index contributed by atoms with van der Waals surface area (Å²) in [7, 11) is 0. The van der Waals surface area contributed by atoms with E-state index in [1.165, 1.54) is 44.5 Å². The van der Waals surface area contributed by atoms with E-state index in [0.29, 0.717) is 0 Å². The molecule has 1 aromatic carbocycles. The maximum atomic E-state index is 6.12. The third-order valence-electron chi connectivity index (χ3n) is 3.58. The van der Waals surface area contributed by atoms with Crippen LogP contribution in [0, 0.1) is 0 Å². The Bertz CT molecular complexity index is 348. The van der Waals surface area contributed by atoms with Crippen molar-refractivity contribution in [2.75, 3.05) is 32.7 Å². The molecule has 1 aromatic rings. The molecule has 0 aliphatic carbocycles. The number of rotatable bonds is 6. The number of nitrogens with one attached hydrogen (secondary N) is 1. The van der Waals surface area contributed by atoms with Crippen molar-refractivity contribution in [3.05, 3.63) is 34.9 Å². The highest BCUT2D eigenvalue weighted by Gasteiger charge is 2.08. The van der Waals surface area contributed by atoms with Crippen molar-refractivity contribution in [2.45, 2.75) is 25.7 Å². The smallest absolute Gasteiger partial charge is 0.0438 e. The molecule has 1 aliphatic rings. The van der Waals surface area contributed by atoms with Gasteiger partial charge in [0, 0.05) is 18.1 Å². The van der Waals surface area contributed by atoms with E-state index < -0.39 is 0 Å². The highest BCUT2D eigenvalue weighted by Crippen LogP contribution is 2.14. The lowest BCUT2D eigenvalue weighted by Gasteiger charge is -2.26. The van der Waals surface area contributed by atoms with Crippen LogP contribution in [0.1, 0.15) is 24.8 Å². The number of piperidine rings is 1. The standard InChI is InChI=1S/C15H23ClN2/c16-15-7-3-2-6-14(15)8-9-17-10-13-18-11-4-1-5-12-18/h2-3,6-7,17H,1,4-5,8-13H2. The van der Waals surface area contributed by atoms with Crippen molar-refractivity contribution in [2.24, 2.45) is 0 Å². The van der Waals surface area contributed by atoms with E-state index in [0.717, 1.165) is 24.5 Å². The van der Waals surface area contributed by atoms with Crippen LogP contribution in [0.5, 0.6) is 0 Å². The number of nitrogens with zero attached hydrogens (tertiary/aromatic N) is 1. The summed E-state index contributed by atoms with van der Waals surface area (Å²) in [5, 5.41) is 4.39. The zero-order valence-corrected chi connectivity index (χ0v) is 11.8. The first-order valence-corrected chi connectivity index (χ1v) is 7.40. The van der Waals surface area contributed by atoms with E-state index in [-0.39, 0.29) is 0 Å². The van der Waals surface area contributed by atoms with Gasteiger partial charge in [0.25, 0.3) is 0 Å². The summed E-state index contributed by atoms with van der Waals surface area (Å²) in [4.78, 5) is 2.56. The van der Waals surface area contributed by atoms with Gasteiger partial charge in [-0.05, 0) is 50.5 Å². The predicted molar refractivity (Wildman–Crippen MR) is 78.3 cm³/mol. The molecule has 0 spiro atoms. The first kappa shape index (κ1) is 13.9. The molecule has 0 amide bonds. The topological polar surface area (TPSA) is 15.3 Å². The Morgan fingerprint density at radius 3 is 2.61 bits per heavy atom. The minimum Gasteiger partial charge on any atom is -0.315 e. The molecule has 1 heterocycles. The Balaban J connectivity index is 1.57. The lowest BCUT2D eigenvalue weighted by molar-refractivity contribution is 0.229. The zero-order valence-electron chi connectivity index (χ0n) is 11.0. The number of halogens is 1. The van der Waals surface area contributed by atoms with Crippen molar-refractivity contribution in [1.29, 1.82) is 0 Å². The molecule has 1 saturated heterocycles. The fraction of sp³-hybridized carbons (Fsp3) is 0.600. The third-order valence-corrected chi connectivity index (χ3v) is 3.95. The van der Waals surface area contributed by atoms with Crippen LogP contribution in [-0.4, -0.2) is 37.6 Å². The van der Waals surface area contributed by atoms with Crippen molar-refractivity contribution in [1.82, 2.24) is 10.2 Å². The average Bonchev–Trinajstić information content (AvgIpc) is 2.42. The Morgan fingerprint density at radius 2 is 1.83 bits per heavy atom. The molecule has 0 saturated carbocycles. The third kappa shape index (κ3) is 4.60. The maximum Gasteiger partial charge on any atom is 0.0438 e. The van der Waals surface area contributed by atoms with Crippen LogP contribution in [0.25, 0.3) is 0 Å². The quantitative estimate of drug-likeness (QED) is 0.797. The van der Waals surface area contributed by atoms with Gasteiger partial charge in [-0.25, -0.2) is 0 Å². The highest BCUT2D eigenvalue weighted by atomic mass is 35.5. The van der Waals surface area contributed by atoms with Gasteiger partial charge in [0.15, 0.2) is 0 Å². The van der Waals surface area contributed by atoms with Gasteiger partial charge in [0.1, 0.15) is 0 Å². The molecule has 100 valence electrons. The van der Waals surface area contributed by atoms with Crippen molar-refractivity contribution in [3.8, 4) is 0 Å². The van der Waals surface area contributed by atoms with E-state index in [9.17, 15) is 0 Å². The Labute approximate surface area is 115 Å². The van der Waals surface area contributed by atoms with Gasteiger partial charge >= 0.3 is 0 Å².